The molecule has 0 aromatic heterocycles. The standard InChI is InChI=1S/C12H23NO2/c1-5-6-9-13(10-7-8-10)11(14)15-12(2,3)4/h10H,5-9H2,1-4H3. The summed E-state index contributed by atoms with van der Waals surface area (Å²) in [6, 6.07) is 0.450. The molecule has 0 atom stereocenters. The molecular formula is C12H23NO2. The van der Waals surface area contributed by atoms with E-state index in [1.54, 1.807) is 0 Å². The summed E-state index contributed by atoms with van der Waals surface area (Å²) < 4.78 is 5.39. The number of nitrogens with zero attached hydrogens (tertiary/aromatic N) is 1. The molecule has 0 aromatic rings. The molecule has 0 spiro atoms. The van der Waals surface area contributed by atoms with Crippen LogP contribution < -0.4 is 0 Å². The Kier molecular flexibility index (Phi) is 4.00. The van der Waals surface area contributed by atoms with Gasteiger partial charge in [0.2, 0.25) is 0 Å². The van der Waals surface area contributed by atoms with Gasteiger partial charge in [0.05, 0.1) is 0 Å². The fourth-order valence-electron chi connectivity index (χ4n) is 1.46. The van der Waals surface area contributed by atoms with Crippen LogP contribution in [0.25, 0.3) is 0 Å². The second-order valence-corrected chi connectivity index (χ2v) is 5.26. The van der Waals surface area contributed by atoms with Crippen LogP contribution in [0.15, 0.2) is 0 Å². The molecule has 0 unspecified atom stereocenters. The molecule has 15 heavy (non-hydrogen) atoms. The summed E-state index contributed by atoms with van der Waals surface area (Å²) in [5.74, 6) is 0. The predicted molar refractivity (Wildman–Crippen MR) is 60.9 cm³/mol. The second-order valence-electron chi connectivity index (χ2n) is 5.26. The number of hydrogen-bond donors (Lipinski definition) is 0. The van der Waals surface area contributed by atoms with E-state index in [1.807, 2.05) is 25.7 Å². The largest absolute Gasteiger partial charge is 0.444 e. The SMILES string of the molecule is CCCCN(C(=O)OC(C)(C)C)C1CC1. The molecule has 0 N–H and O–H groups in total. The molecule has 1 rings (SSSR count). The average Bonchev–Trinajstić information content (AvgIpc) is 2.85. The van der Waals surface area contributed by atoms with E-state index in [9.17, 15) is 4.79 Å². The molecule has 1 saturated carbocycles. The molecule has 3 heteroatoms. The lowest BCUT2D eigenvalue weighted by molar-refractivity contribution is 0.0231. The van der Waals surface area contributed by atoms with Gasteiger partial charge in [-0.2, -0.15) is 0 Å². The smallest absolute Gasteiger partial charge is 0.410 e. The number of amides is 1. The quantitative estimate of drug-likeness (QED) is 0.717. The minimum Gasteiger partial charge on any atom is -0.444 e. The first-order valence-electron chi connectivity index (χ1n) is 5.93. The monoisotopic (exact) mass is 213 g/mol. The van der Waals surface area contributed by atoms with E-state index in [2.05, 4.69) is 6.92 Å². The van der Waals surface area contributed by atoms with Crippen LogP contribution in [0.3, 0.4) is 0 Å². The fourth-order valence-corrected chi connectivity index (χ4v) is 1.46. The van der Waals surface area contributed by atoms with Gasteiger partial charge in [0, 0.05) is 12.6 Å². The van der Waals surface area contributed by atoms with Gasteiger partial charge in [-0.1, -0.05) is 13.3 Å². The van der Waals surface area contributed by atoms with Crippen molar-refractivity contribution >= 4 is 6.09 Å². The zero-order valence-corrected chi connectivity index (χ0v) is 10.4. The minimum atomic E-state index is -0.379. The third-order valence-corrected chi connectivity index (χ3v) is 2.37. The second kappa shape index (κ2) is 4.86. The number of ether oxygens (including phenoxy) is 1. The van der Waals surface area contributed by atoms with Crippen molar-refractivity contribution in [3.05, 3.63) is 0 Å². The van der Waals surface area contributed by atoms with E-state index >= 15 is 0 Å². The first-order chi connectivity index (χ1) is 6.94. The summed E-state index contributed by atoms with van der Waals surface area (Å²) >= 11 is 0. The molecular weight excluding hydrogens is 190 g/mol. The van der Waals surface area contributed by atoms with E-state index in [-0.39, 0.29) is 11.7 Å². The highest BCUT2D eigenvalue weighted by Crippen LogP contribution is 2.28. The van der Waals surface area contributed by atoms with Gasteiger partial charge in [-0.3, -0.25) is 0 Å². The summed E-state index contributed by atoms with van der Waals surface area (Å²) in [6.45, 7) is 8.72. The third-order valence-electron chi connectivity index (χ3n) is 2.37. The fraction of sp³-hybridized carbons (Fsp3) is 0.917. The first kappa shape index (κ1) is 12.3. The summed E-state index contributed by atoms with van der Waals surface area (Å²) in [5, 5.41) is 0. The van der Waals surface area contributed by atoms with Crippen molar-refractivity contribution in [2.45, 2.75) is 65.0 Å². The Morgan fingerprint density at radius 2 is 2.00 bits per heavy atom. The highest BCUT2D eigenvalue weighted by Gasteiger charge is 2.34. The first-order valence-corrected chi connectivity index (χ1v) is 5.93. The van der Waals surface area contributed by atoms with Crippen molar-refractivity contribution in [3.63, 3.8) is 0 Å². The number of rotatable bonds is 4. The van der Waals surface area contributed by atoms with Crippen LogP contribution in [0.2, 0.25) is 0 Å². The molecule has 0 radical (unpaired) electrons. The Bertz CT molecular complexity index is 216. The topological polar surface area (TPSA) is 29.5 Å². The molecule has 88 valence electrons. The van der Waals surface area contributed by atoms with E-state index < -0.39 is 0 Å². The molecule has 1 fully saturated rings. The van der Waals surface area contributed by atoms with Gasteiger partial charge in [-0.25, -0.2) is 4.79 Å². The predicted octanol–water partition coefficient (Wildman–Crippen LogP) is 3.19. The Hall–Kier alpha value is -0.730. The van der Waals surface area contributed by atoms with Crippen LogP contribution in [0.4, 0.5) is 4.79 Å². The lowest BCUT2D eigenvalue weighted by Gasteiger charge is -2.27. The Labute approximate surface area is 92.8 Å². The maximum absolute atomic E-state index is 11.8. The lowest BCUT2D eigenvalue weighted by Crippen LogP contribution is -2.38. The minimum absolute atomic E-state index is 0.140. The van der Waals surface area contributed by atoms with Crippen molar-refractivity contribution in [1.82, 2.24) is 4.90 Å². The highest BCUT2D eigenvalue weighted by molar-refractivity contribution is 5.69. The summed E-state index contributed by atoms with van der Waals surface area (Å²) in [6.07, 6.45) is 4.33. The van der Waals surface area contributed by atoms with Crippen LogP contribution in [0, 0.1) is 0 Å². The summed E-state index contributed by atoms with van der Waals surface area (Å²) in [4.78, 5) is 13.7. The van der Waals surface area contributed by atoms with E-state index in [0.717, 1.165) is 32.2 Å². The van der Waals surface area contributed by atoms with Gasteiger partial charge in [-0.15, -0.1) is 0 Å². The number of hydrogen-bond acceptors (Lipinski definition) is 2. The Morgan fingerprint density at radius 3 is 2.40 bits per heavy atom. The maximum atomic E-state index is 11.8. The van der Waals surface area contributed by atoms with Crippen LogP contribution in [-0.2, 0) is 4.74 Å². The van der Waals surface area contributed by atoms with Crippen LogP contribution >= 0.6 is 0 Å². The van der Waals surface area contributed by atoms with Crippen molar-refractivity contribution in [3.8, 4) is 0 Å². The maximum Gasteiger partial charge on any atom is 0.410 e. The molecule has 0 aliphatic heterocycles. The Balaban J connectivity index is 2.44. The third kappa shape index (κ3) is 4.54. The van der Waals surface area contributed by atoms with Gasteiger partial charge in [-0.05, 0) is 40.0 Å². The Morgan fingerprint density at radius 1 is 1.40 bits per heavy atom. The van der Waals surface area contributed by atoms with Crippen molar-refractivity contribution in [1.29, 1.82) is 0 Å². The molecule has 1 aliphatic carbocycles. The number of unbranched alkanes of at least 4 members (excludes halogenated alkanes) is 1. The van der Waals surface area contributed by atoms with Crippen molar-refractivity contribution in [2.75, 3.05) is 6.54 Å². The van der Waals surface area contributed by atoms with Crippen molar-refractivity contribution in [2.24, 2.45) is 0 Å². The van der Waals surface area contributed by atoms with E-state index in [0.29, 0.717) is 6.04 Å². The highest BCUT2D eigenvalue weighted by atomic mass is 16.6. The van der Waals surface area contributed by atoms with Crippen LogP contribution in [-0.4, -0.2) is 29.2 Å². The zero-order valence-electron chi connectivity index (χ0n) is 10.4. The molecule has 3 nitrogen and oxygen atoms in total. The molecule has 0 aromatic carbocycles. The van der Waals surface area contributed by atoms with Crippen LogP contribution in [0.5, 0.6) is 0 Å². The zero-order chi connectivity index (χ0) is 11.5. The normalized spacial score (nSPS) is 16.3. The lowest BCUT2D eigenvalue weighted by atomic mass is 10.2. The average molecular weight is 213 g/mol. The summed E-state index contributed by atoms with van der Waals surface area (Å²) in [7, 11) is 0. The van der Waals surface area contributed by atoms with Crippen molar-refractivity contribution < 1.29 is 9.53 Å². The van der Waals surface area contributed by atoms with Gasteiger partial charge < -0.3 is 9.64 Å². The molecule has 0 heterocycles. The molecule has 1 amide bonds. The van der Waals surface area contributed by atoms with Gasteiger partial charge in [0.15, 0.2) is 0 Å². The number of carbonyl (C=O) groups excluding carboxylic acids is 1. The van der Waals surface area contributed by atoms with Gasteiger partial charge >= 0.3 is 6.09 Å². The number of carbonyl (C=O) groups is 1. The van der Waals surface area contributed by atoms with Gasteiger partial charge in [0.1, 0.15) is 5.60 Å². The van der Waals surface area contributed by atoms with Crippen LogP contribution in [0.1, 0.15) is 53.4 Å². The molecule has 0 bridgehead atoms. The summed E-state index contributed by atoms with van der Waals surface area (Å²) in [5.41, 5.74) is -0.379. The van der Waals surface area contributed by atoms with E-state index in [1.165, 1.54) is 0 Å². The molecule has 0 saturated heterocycles. The van der Waals surface area contributed by atoms with Gasteiger partial charge in [0.25, 0.3) is 0 Å². The molecule has 1 aliphatic rings. The van der Waals surface area contributed by atoms with E-state index in [4.69, 9.17) is 4.74 Å².